The summed E-state index contributed by atoms with van der Waals surface area (Å²) in [5.41, 5.74) is 9.08. The molecule has 0 saturated carbocycles. The minimum Gasteiger partial charge on any atom is -0.485 e. The van der Waals surface area contributed by atoms with Crippen molar-refractivity contribution in [2.45, 2.75) is 25.5 Å². The number of hydrogen-bond acceptors (Lipinski definition) is 4. The Hall–Kier alpha value is -1.72. The Balaban J connectivity index is 2.02. The highest BCUT2D eigenvalue weighted by molar-refractivity contribution is 6.30. The van der Waals surface area contributed by atoms with E-state index in [1.165, 1.54) is 0 Å². The number of hydrogen-bond donors (Lipinski definition) is 1. The van der Waals surface area contributed by atoms with Crippen LogP contribution in [0, 0.1) is 6.92 Å². The highest BCUT2D eigenvalue weighted by atomic mass is 35.5. The van der Waals surface area contributed by atoms with Gasteiger partial charge < -0.3 is 15.2 Å². The van der Waals surface area contributed by atoms with E-state index in [2.05, 4.69) is 5.10 Å². The molecule has 1 unspecified atom stereocenters. The molecule has 0 aliphatic carbocycles. The SMILES string of the molecule is COc1c(C2C[C@H](N)c3cc(Cl)ccc3O2)c(C)nn1C. The molecular weight excluding hydrogens is 290 g/mol. The van der Waals surface area contributed by atoms with Gasteiger partial charge in [0.2, 0.25) is 5.88 Å². The van der Waals surface area contributed by atoms with Crippen LogP contribution in [-0.2, 0) is 7.05 Å². The van der Waals surface area contributed by atoms with Gasteiger partial charge in [0, 0.05) is 30.1 Å². The summed E-state index contributed by atoms with van der Waals surface area (Å²) >= 11 is 6.03. The zero-order chi connectivity index (χ0) is 15.1. The Labute approximate surface area is 128 Å². The van der Waals surface area contributed by atoms with Gasteiger partial charge in [0.15, 0.2) is 0 Å². The molecule has 2 atom stereocenters. The van der Waals surface area contributed by atoms with E-state index in [1.807, 2.05) is 32.2 Å². The lowest BCUT2D eigenvalue weighted by atomic mass is 9.93. The highest BCUT2D eigenvalue weighted by Crippen LogP contribution is 2.43. The third-order valence-corrected chi connectivity index (χ3v) is 4.07. The molecule has 3 rings (SSSR count). The molecule has 1 aliphatic heterocycles. The predicted octanol–water partition coefficient (Wildman–Crippen LogP) is 2.91. The molecule has 2 heterocycles. The Morgan fingerprint density at radius 2 is 2.24 bits per heavy atom. The molecule has 0 fully saturated rings. The molecule has 1 aromatic heterocycles. The summed E-state index contributed by atoms with van der Waals surface area (Å²) < 4.78 is 13.3. The normalized spacial score (nSPS) is 20.8. The fraction of sp³-hybridized carbons (Fsp3) is 0.400. The van der Waals surface area contributed by atoms with E-state index >= 15 is 0 Å². The van der Waals surface area contributed by atoms with Crippen molar-refractivity contribution in [1.29, 1.82) is 0 Å². The van der Waals surface area contributed by atoms with E-state index < -0.39 is 0 Å². The summed E-state index contributed by atoms with van der Waals surface area (Å²) in [4.78, 5) is 0. The van der Waals surface area contributed by atoms with Crippen molar-refractivity contribution < 1.29 is 9.47 Å². The molecule has 2 aromatic rings. The molecule has 0 bridgehead atoms. The molecule has 0 spiro atoms. The number of ether oxygens (including phenoxy) is 2. The lowest BCUT2D eigenvalue weighted by Gasteiger charge is -2.30. The lowest BCUT2D eigenvalue weighted by Crippen LogP contribution is -2.24. The summed E-state index contributed by atoms with van der Waals surface area (Å²) in [6, 6.07) is 5.41. The van der Waals surface area contributed by atoms with E-state index in [9.17, 15) is 0 Å². The van der Waals surface area contributed by atoms with Gasteiger partial charge in [-0.15, -0.1) is 0 Å². The fourth-order valence-corrected chi connectivity index (χ4v) is 3.10. The van der Waals surface area contributed by atoms with E-state index in [1.54, 1.807) is 11.8 Å². The van der Waals surface area contributed by atoms with Crippen molar-refractivity contribution in [1.82, 2.24) is 9.78 Å². The maximum atomic E-state index is 6.28. The zero-order valence-electron chi connectivity index (χ0n) is 12.3. The van der Waals surface area contributed by atoms with Gasteiger partial charge in [-0.2, -0.15) is 5.10 Å². The van der Waals surface area contributed by atoms with Gasteiger partial charge in [-0.1, -0.05) is 11.6 Å². The first-order valence-electron chi connectivity index (χ1n) is 6.80. The molecule has 2 N–H and O–H groups in total. The molecule has 1 aromatic carbocycles. The van der Waals surface area contributed by atoms with Gasteiger partial charge >= 0.3 is 0 Å². The van der Waals surface area contributed by atoms with Crippen LogP contribution >= 0.6 is 11.6 Å². The summed E-state index contributed by atoms with van der Waals surface area (Å²) in [6.07, 6.45) is 0.494. The standard InChI is InChI=1S/C15H18ClN3O2/c1-8-14(15(20-3)19(2)18-8)13-7-11(17)10-6-9(16)4-5-12(10)21-13/h4-6,11,13H,7,17H2,1-3H3/t11-,13?/m0/s1. The van der Waals surface area contributed by atoms with Crippen molar-refractivity contribution in [2.24, 2.45) is 12.8 Å². The maximum Gasteiger partial charge on any atom is 0.218 e. The Bertz CT molecular complexity index is 684. The average molecular weight is 308 g/mol. The Morgan fingerprint density at radius 3 is 2.95 bits per heavy atom. The number of aryl methyl sites for hydroxylation is 2. The van der Waals surface area contributed by atoms with Crippen LogP contribution in [0.2, 0.25) is 5.02 Å². The van der Waals surface area contributed by atoms with Crippen LogP contribution in [-0.4, -0.2) is 16.9 Å². The largest absolute Gasteiger partial charge is 0.485 e. The van der Waals surface area contributed by atoms with Crippen LogP contribution < -0.4 is 15.2 Å². The quantitative estimate of drug-likeness (QED) is 0.926. The molecule has 21 heavy (non-hydrogen) atoms. The van der Waals surface area contributed by atoms with Crippen molar-refractivity contribution >= 4 is 11.6 Å². The average Bonchev–Trinajstić information content (AvgIpc) is 2.73. The molecule has 6 heteroatoms. The molecule has 0 radical (unpaired) electrons. The summed E-state index contributed by atoms with van der Waals surface area (Å²) in [6.45, 7) is 1.95. The number of halogens is 1. The molecule has 0 saturated heterocycles. The second-order valence-corrected chi connectivity index (χ2v) is 5.70. The number of nitrogens with zero attached hydrogens (tertiary/aromatic N) is 2. The van der Waals surface area contributed by atoms with Crippen molar-refractivity contribution in [3.8, 4) is 11.6 Å². The molecule has 0 amide bonds. The van der Waals surface area contributed by atoms with E-state index in [0.29, 0.717) is 17.3 Å². The van der Waals surface area contributed by atoms with E-state index in [0.717, 1.165) is 22.6 Å². The molecule has 1 aliphatic rings. The number of aromatic nitrogens is 2. The van der Waals surface area contributed by atoms with Gasteiger partial charge in [0.1, 0.15) is 11.9 Å². The lowest BCUT2D eigenvalue weighted by molar-refractivity contribution is 0.156. The van der Waals surface area contributed by atoms with E-state index in [-0.39, 0.29) is 12.1 Å². The Kier molecular flexibility index (Phi) is 3.55. The first kappa shape index (κ1) is 14.2. The van der Waals surface area contributed by atoms with Crippen LogP contribution in [0.1, 0.15) is 35.4 Å². The monoisotopic (exact) mass is 307 g/mol. The first-order valence-corrected chi connectivity index (χ1v) is 7.18. The van der Waals surface area contributed by atoms with Gasteiger partial charge in [0.05, 0.1) is 18.4 Å². The second-order valence-electron chi connectivity index (χ2n) is 5.26. The first-order chi connectivity index (χ1) is 10.0. The molecule has 112 valence electrons. The summed E-state index contributed by atoms with van der Waals surface area (Å²) in [7, 11) is 3.49. The van der Waals surface area contributed by atoms with Gasteiger partial charge in [0.25, 0.3) is 0 Å². The highest BCUT2D eigenvalue weighted by Gasteiger charge is 2.32. The van der Waals surface area contributed by atoms with Crippen LogP contribution in [0.15, 0.2) is 18.2 Å². The van der Waals surface area contributed by atoms with Crippen LogP contribution in [0.3, 0.4) is 0 Å². The minimum absolute atomic E-state index is 0.123. The van der Waals surface area contributed by atoms with Crippen molar-refractivity contribution in [2.75, 3.05) is 7.11 Å². The number of nitrogens with two attached hydrogens (primary N) is 1. The van der Waals surface area contributed by atoms with Gasteiger partial charge in [-0.3, -0.25) is 0 Å². The Morgan fingerprint density at radius 1 is 1.48 bits per heavy atom. The maximum absolute atomic E-state index is 6.28. The number of methoxy groups -OCH3 is 1. The van der Waals surface area contributed by atoms with Crippen LogP contribution in [0.4, 0.5) is 0 Å². The van der Waals surface area contributed by atoms with Crippen LogP contribution in [0.5, 0.6) is 11.6 Å². The van der Waals surface area contributed by atoms with E-state index in [4.69, 9.17) is 26.8 Å². The van der Waals surface area contributed by atoms with Gasteiger partial charge in [-0.05, 0) is 25.1 Å². The minimum atomic E-state index is -0.169. The smallest absolute Gasteiger partial charge is 0.218 e. The summed E-state index contributed by atoms with van der Waals surface area (Å²) in [5.74, 6) is 1.48. The number of benzene rings is 1. The van der Waals surface area contributed by atoms with Gasteiger partial charge in [-0.25, -0.2) is 4.68 Å². The topological polar surface area (TPSA) is 62.3 Å². The van der Waals surface area contributed by atoms with Crippen LogP contribution in [0.25, 0.3) is 0 Å². The molecule has 5 nitrogen and oxygen atoms in total. The molecular formula is C15H18ClN3O2. The fourth-order valence-electron chi connectivity index (χ4n) is 2.92. The van der Waals surface area contributed by atoms with Crippen molar-refractivity contribution in [3.63, 3.8) is 0 Å². The number of rotatable bonds is 2. The third-order valence-electron chi connectivity index (χ3n) is 3.84. The second kappa shape index (κ2) is 5.24. The zero-order valence-corrected chi connectivity index (χ0v) is 13.0. The third kappa shape index (κ3) is 2.36. The van der Waals surface area contributed by atoms with Crippen molar-refractivity contribution in [3.05, 3.63) is 40.0 Å². The predicted molar refractivity (Wildman–Crippen MR) is 80.9 cm³/mol. The summed E-state index contributed by atoms with van der Waals surface area (Å²) in [5, 5.41) is 5.07. The number of fused-ring (bicyclic) bond motifs is 1.